The van der Waals surface area contributed by atoms with Crippen LogP contribution in [0.3, 0.4) is 0 Å². The normalized spacial score (nSPS) is 12.8. The minimum absolute atomic E-state index is 0.535. The number of thiophene rings is 1. The molecule has 1 aliphatic carbocycles. The van der Waals surface area contributed by atoms with Gasteiger partial charge in [0.1, 0.15) is 11.2 Å². The van der Waals surface area contributed by atoms with E-state index in [0.29, 0.717) is 0 Å². The third-order valence-electron chi connectivity index (χ3n) is 14.3. The van der Waals surface area contributed by atoms with Crippen LogP contribution < -0.4 is 4.90 Å². The second kappa shape index (κ2) is 15.3. The van der Waals surface area contributed by atoms with E-state index in [4.69, 9.17) is 4.42 Å². The highest BCUT2D eigenvalue weighted by atomic mass is 32.1. The van der Waals surface area contributed by atoms with Crippen molar-refractivity contribution in [3.63, 3.8) is 0 Å². The van der Waals surface area contributed by atoms with Crippen molar-refractivity contribution in [1.29, 1.82) is 0 Å². The quantitative estimate of drug-likeness (QED) is 0.159. The molecule has 0 saturated carbocycles. The van der Waals surface area contributed by atoms with Crippen molar-refractivity contribution in [2.45, 2.75) is 5.41 Å². The maximum atomic E-state index is 7.09. The molecule has 0 fully saturated rings. The molecule has 0 saturated heterocycles. The van der Waals surface area contributed by atoms with E-state index in [1.807, 2.05) is 11.3 Å². The first-order valence-electron chi connectivity index (χ1n) is 23.3. The van der Waals surface area contributed by atoms with E-state index in [2.05, 4.69) is 254 Å². The molecule has 0 amide bonds. The molecule has 0 aliphatic heterocycles. The van der Waals surface area contributed by atoms with Crippen molar-refractivity contribution >= 4 is 81.3 Å². The van der Waals surface area contributed by atoms with Crippen LogP contribution in [0.1, 0.15) is 22.3 Å². The number of anilines is 3. The summed E-state index contributed by atoms with van der Waals surface area (Å²) in [6.45, 7) is 0. The second-order valence-corrected chi connectivity index (χ2v) is 19.0. The molecule has 13 aromatic rings. The van der Waals surface area contributed by atoms with Gasteiger partial charge in [-0.3, -0.25) is 0 Å². The highest BCUT2D eigenvalue weighted by Crippen LogP contribution is 2.57. The Bertz CT molecular complexity index is 4040. The summed E-state index contributed by atoms with van der Waals surface area (Å²) in [5, 5.41) is 7.12. The van der Waals surface area contributed by atoms with Gasteiger partial charge in [-0.25, -0.2) is 0 Å². The smallest absolute Gasteiger partial charge is 0.143 e. The van der Waals surface area contributed by atoms with Crippen molar-refractivity contribution < 1.29 is 4.42 Å². The standard InChI is InChI=1S/C65H41NOS/c1-4-17-42(18-5-1)43-31-33-47(34-32-43)66(49-35-37-52-51-25-12-14-29-58(51)65(59(52)41-49,45-20-6-2-7-21-45)46-22-8-3-9-23-46)48-36-38-60-56(40-48)57-39-44-19-10-11-24-50(44)62(63(57)67-60)55-28-16-27-54-53-26-13-15-30-61(53)68-64(54)55/h1-41H. The molecule has 1 aliphatic rings. The van der Waals surface area contributed by atoms with Crippen molar-refractivity contribution in [2.24, 2.45) is 0 Å². The van der Waals surface area contributed by atoms with E-state index in [1.54, 1.807) is 0 Å². The van der Waals surface area contributed by atoms with Crippen LogP contribution in [-0.2, 0) is 5.41 Å². The Balaban J connectivity index is 1.01. The molecule has 0 radical (unpaired) electrons. The maximum absolute atomic E-state index is 7.09. The van der Waals surface area contributed by atoms with Gasteiger partial charge >= 0.3 is 0 Å². The summed E-state index contributed by atoms with van der Waals surface area (Å²) < 4.78 is 9.65. The fourth-order valence-corrected chi connectivity index (χ4v) is 12.6. The molecule has 2 heterocycles. The van der Waals surface area contributed by atoms with Crippen LogP contribution in [0.2, 0.25) is 0 Å². The van der Waals surface area contributed by atoms with Gasteiger partial charge in [0, 0.05) is 59.1 Å². The Labute approximate surface area is 398 Å². The molecular formula is C65H41NOS. The Hall–Kier alpha value is -8.50. The number of furan rings is 1. The summed E-state index contributed by atoms with van der Waals surface area (Å²) in [6.07, 6.45) is 0. The largest absolute Gasteiger partial charge is 0.455 e. The fraction of sp³-hybridized carbons (Fsp3) is 0.0154. The molecule has 0 unspecified atom stereocenters. The number of hydrogen-bond donors (Lipinski definition) is 0. The van der Waals surface area contributed by atoms with Crippen LogP contribution >= 0.6 is 11.3 Å². The predicted octanol–water partition coefficient (Wildman–Crippen LogP) is 18.3. The number of rotatable bonds is 7. The van der Waals surface area contributed by atoms with E-state index < -0.39 is 5.41 Å². The van der Waals surface area contributed by atoms with Gasteiger partial charge < -0.3 is 9.32 Å². The predicted molar refractivity (Wildman–Crippen MR) is 287 cm³/mol. The lowest BCUT2D eigenvalue weighted by atomic mass is 9.67. The van der Waals surface area contributed by atoms with E-state index in [-0.39, 0.29) is 0 Å². The first-order valence-corrected chi connectivity index (χ1v) is 24.1. The van der Waals surface area contributed by atoms with E-state index in [1.165, 1.54) is 81.0 Å². The molecular weight excluding hydrogens is 843 g/mol. The lowest BCUT2D eigenvalue weighted by molar-refractivity contribution is 0.670. The molecule has 11 aromatic carbocycles. The summed E-state index contributed by atoms with van der Waals surface area (Å²) in [4.78, 5) is 2.43. The minimum atomic E-state index is -0.535. The zero-order chi connectivity index (χ0) is 44.8. The van der Waals surface area contributed by atoms with Gasteiger partial charge in [-0.2, -0.15) is 0 Å². The lowest BCUT2D eigenvalue weighted by Gasteiger charge is -2.35. The third kappa shape index (κ3) is 5.76. The Morgan fingerprint density at radius 2 is 0.956 bits per heavy atom. The number of hydrogen-bond acceptors (Lipinski definition) is 3. The van der Waals surface area contributed by atoms with Crippen molar-refractivity contribution in [2.75, 3.05) is 4.90 Å². The van der Waals surface area contributed by atoms with Gasteiger partial charge in [-0.05, 0) is 110 Å². The number of benzene rings is 11. The van der Waals surface area contributed by atoms with Crippen molar-refractivity contribution in [3.8, 4) is 33.4 Å². The zero-order valence-electron chi connectivity index (χ0n) is 36.9. The monoisotopic (exact) mass is 883 g/mol. The first kappa shape index (κ1) is 38.7. The first-order chi connectivity index (χ1) is 33.7. The van der Waals surface area contributed by atoms with Crippen molar-refractivity contribution in [1.82, 2.24) is 0 Å². The Morgan fingerprint density at radius 3 is 1.75 bits per heavy atom. The van der Waals surface area contributed by atoms with Gasteiger partial charge in [0.15, 0.2) is 0 Å². The topological polar surface area (TPSA) is 16.4 Å². The molecule has 0 N–H and O–H groups in total. The summed E-state index contributed by atoms with van der Waals surface area (Å²) in [5.41, 5.74) is 16.7. The van der Waals surface area contributed by atoms with Crippen LogP contribution in [0.25, 0.3) is 86.3 Å². The molecule has 0 atom stereocenters. The number of fused-ring (bicyclic) bond motifs is 10. The Kier molecular flexibility index (Phi) is 8.71. The van der Waals surface area contributed by atoms with Crippen LogP contribution in [0.5, 0.6) is 0 Å². The third-order valence-corrected chi connectivity index (χ3v) is 15.6. The van der Waals surface area contributed by atoms with Crippen LogP contribution in [-0.4, -0.2) is 0 Å². The average Bonchev–Trinajstić information content (AvgIpc) is 4.07. The van der Waals surface area contributed by atoms with Gasteiger partial charge in [0.2, 0.25) is 0 Å². The van der Waals surface area contributed by atoms with Crippen LogP contribution in [0, 0.1) is 0 Å². The zero-order valence-corrected chi connectivity index (χ0v) is 37.8. The SMILES string of the molecule is c1ccc(-c2ccc(N(c3ccc4c(c3)C(c3ccccc3)(c3ccccc3)c3ccccc3-4)c3ccc4oc5c(-c6cccc7c6sc6ccccc67)c6ccccc6cc5c4c3)cc2)cc1. The molecule has 2 nitrogen and oxygen atoms in total. The summed E-state index contributed by atoms with van der Waals surface area (Å²) in [7, 11) is 0. The van der Waals surface area contributed by atoms with E-state index in [0.717, 1.165) is 44.6 Å². The fourth-order valence-electron chi connectivity index (χ4n) is 11.4. The molecule has 14 rings (SSSR count). The molecule has 68 heavy (non-hydrogen) atoms. The molecule has 2 aromatic heterocycles. The average molecular weight is 884 g/mol. The number of nitrogens with zero attached hydrogens (tertiary/aromatic N) is 1. The Morgan fingerprint density at radius 1 is 0.368 bits per heavy atom. The highest BCUT2D eigenvalue weighted by Gasteiger charge is 2.46. The lowest BCUT2D eigenvalue weighted by Crippen LogP contribution is -2.28. The summed E-state index contributed by atoms with van der Waals surface area (Å²) >= 11 is 1.86. The molecule has 318 valence electrons. The second-order valence-electron chi connectivity index (χ2n) is 17.9. The van der Waals surface area contributed by atoms with Crippen LogP contribution in [0.15, 0.2) is 253 Å². The van der Waals surface area contributed by atoms with E-state index >= 15 is 0 Å². The van der Waals surface area contributed by atoms with Crippen molar-refractivity contribution in [3.05, 3.63) is 271 Å². The van der Waals surface area contributed by atoms with Gasteiger partial charge in [0.05, 0.1) is 5.41 Å². The van der Waals surface area contributed by atoms with E-state index in [9.17, 15) is 0 Å². The molecule has 3 heteroatoms. The minimum Gasteiger partial charge on any atom is -0.455 e. The van der Waals surface area contributed by atoms with Gasteiger partial charge in [0.25, 0.3) is 0 Å². The van der Waals surface area contributed by atoms with Crippen LogP contribution in [0.4, 0.5) is 17.1 Å². The van der Waals surface area contributed by atoms with Gasteiger partial charge in [-0.15, -0.1) is 11.3 Å². The maximum Gasteiger partial charge on any atom is 0.143 e. The molecule has 0 spiro atoms. The molecule has 0 bridgehead atoms. The summed E-state index contributed by atoms with van der Waals surface area (Å²) in [5.74, 6) is 0. The summed E-state index contributed by atoms with van der Waals surface area (Å²) in [6, 6.07) is 91.2. The highest BCUT2D eigenvalue weighted by molar-refractivity contribution is 7.26. The van der Waals surface area contributed by atoms with Gasteiger partial charge in [-0.1, -0.05) is 194 Å².